The van der Waals surface area contributed by atoms with Gasteiger partial charge in [-0.15, -0.1) is 0 Å². The summed E-state index contributed by atoms with van der Waals surface area (Å²) >= 11 is 0. The zero-order valence-corrected chi connectivity index (χ0v) is 9.85. The van der Waals surface area contributed by atoms with Crippen molar-refractivity contribution in [1.29, 1.82) is 0 Å². The quantitative estimate of drug-likeness (QED) is 0.750. The summed E-state index contributed by atoms with van der Waals surface area (Å²) in [6.07, 6.45) is 0.547. The van der Waals surface area contributed by atoms with Gasteiger partial charge in [-0.2, -0.15) is 0 Å². The summed E-state index contributed by atoms with van der Waals surface area (Å²) in [7, 11) is 0. The highest BCUT2D eigenvalue weighted by atomic mass is 16.7. The molecule has 1 aliphatic heterocycles. The van der Waals surface area contributed by atoms with E-state index in [2.05, 4.69) is 0 Å². The maximum atomic E-state index is 11.6. The Kier molecular flexibility index (Phi) is 3.76. The predicted molar refractivity (Wildman–Crippen MR) is 61.7 cm³/mol. The standard InChI is InChI=1S/C13H16O4/c1-13(16-9-10-17-13)7-8-15-12(14)11-5-3-2-4-6-11/h2-6H,7-10H2,1H3. The van der Waals surface area contributed by atoms with E-state index in [0.717, 1.165) is 0 Å². The summed E-state index contributed by atoms with van der Waals surface area (Å²) in [6.45, 7) is 3.35. The largest absolute Gasteiger partial charge is 0.462 e. The highest BCUT2D eigenvalue weighted by molar-refractivity contribution is 5.89. The molecule has 1 saturated heterocycles. The number of ether oxygens (including phenoxy) is 3. The molecule has 4 heteroatoms. The number of hydrogen-bond donors (Lipinski definition) is 0. The van der Waals surface area contributed by atoms with E-state index in [9.17, 15) is 4.79 Å². The molecule has 1 aliphatic rings. The molecule has 0 spiro atoms. The minimum atomic E-state index is -0.600. The van der Waals surface area contributed by atoms with Crippen LogP contribution in [0.3, 0.4) is 0 Å². The third-order valence-corrected chi connectivity index (χ3v) is 2.70. The average molecular weight is 236 g/mol. The highest BCUT2D eigenvalue weighted by Crippen LogP contribution is 2.22. The lowest BCUT2D eigenvalue weighted by atomic mass is 10.2. The second kappa shape index (κ2) is 5.29. The molecule has 1 aromatic rings. The van der Waals surface area contributed by atoms with Crippen LogP contribution in [-0.2, 0) is 14.2 Å². The van der Waals surface area contributed by atoms with Crippen LogP contribution in [0, 0.1) is 0 Å². The van der Waals surface area contributed by atoms with Gasteiger partial charge in [-0.25, -0.2) is 4.79 Å². The van der Waals surface area contributed by atoms with Gasteiger partial charge in [0.25, 0.3) is 0 Å². The van der Waals surface area contributed by atoms with Crippen LogP contribution in [0.2, 0.25) is 0 Å². The van der Waals surface area contributed by atoms with E-state index in [0.29, 0.717) is 31.8 Å². The average Bonchev–Trinajstić information content (AvgIpc) is 2.77. The number of carbonyl (C=O) groups is 1. The van der Waals surface area contributed by atoms with Crippen LogP contribution in [0.15, 0.2) is 30.3 Å². The summed E-state index contributed by atoms with van der Waals surface area (Å²) in [5.41, 5.74) is 0.561. The Labute approximate surface area is 100 Å². The van der Waals surface area contributed by atoms with Gasteiger partial charge in [-0.1, -0.05) is 18.2 Å². The number of carbonyl (C=O) groups excluding carboxylic acids is 1. The third kappa shape index (κ3) is 3.28. The Morgan fingerprint density at radius 2 is 1.94 bits per heavy atom. The molecule has 0 unspecified atom stereocenters. The molecule has 0 atom stereocenters. The van der Waals surface area contributed by atoms with Gasteiger partial charge in [0.15, 0.2) is 5.79 Å². The van der Waals surface area contributed by atoms with Crippen LogP contribution in [0.5, 0.6) is 0 Å². The molecule has 92 valence electrons. The number of rotatable bonds is 4. The molecule has 0 N–H and O–H groups in total. The van der Waals surface area contributed by atoms with Crippen molar-refractivity contribution >= 4 is 5.97 Å². The molecule has 1 fully saturated rings. The molecular formula is C13H16O4. The molecule has 1 aromatic carbocycles. The first-order valence-electron chi connectivity index (χ1n) is 5.70. The smallest absolute Gasteiger partial charge is 0.338 e. The first kappa shape index (κ1) is 12.1. The lowest BCUT2D eigenvalue weighted by Gasteiger charge is -2.21. The number of hydrogen-bond acceptors (Lipinski definition) is 4. The van der Waals surface area contributed by atoms with Crippen LogP contribution in [0.25, 0.3) is 0 Å². The van der Waals surface area contributed by atoms with E-state index >= 15 is 0 Å². The van der Waals surface area contributed by atoms with Gasteiger partial charge in [-0.05, 0) is 19.1 Å². The zero-order valence-electron chi connectivity index (χ0n) is 9.85. The highest BCUT2D eigenvalue weighted by Gasteiger charge is 2.30. The van der Waals surface area contributed by atoms with Crippen LogP contribution in [-0.4, -0.2) is 31.6 Å². The van der Waals surface area contributed by atoms with Crippen molar-refractivity contribution in [2.45, 2.75) is 19.1 Å². The molecule has 0 bridgehead atoms. The second-order valence-corrected chi connectivity index (χ2v) is 4.08. The Balaban J connectivity index is 1.77. The predicted octanol–water partition coefficient (Wildman–Crippen LogP) is 2.00. The van der Waals surface area contributed by atoms with Crippen LogP contribution >= 0.6 is 0 Å². The summed E-state index contributed by atoms with van der Waals surface area (Å²) in [5.74, 6) is -0.913. The van der Waals surface area contributed by atoms with Crippen molar-refractivity contribution in [3.63, 3.8) is 0 Å². The van der Waals surface area contributed by atoms with E-state index in [1.807, 2.05) is 13.0 Å². The third-order valence-electron chi connectivity index (χ3n) is 2.70. The topological polar surface area (TPSA) is 44.8 Å². The number of benzene rings is 1. The summed E-state index contributed by atoms with van der Waals surface area (Å²) < 4.78 is 16.0. The van der Waals surface area contributed by atoms with Crippen molar-refractivity contribution in [2.24, 2.45) is 0 Å². The monoisotopic (exact) mass is 236 g/mol. The Hall–Kier alpha value is -1.39. The molecule has 17 heavy (non-hydrogen) atoms. The van der Waals surface area contributed by atoms with Crippen molar-refractivity contribution in [3.05, 3.63) is 35.9 Å². The maximum absolute atomic E-state index is 11.6. The zero-order chi connectivity index (χ0) is 12.1. The molecule has 0 radical (unpaired) electrons. The molecule has 1 heterocycles. The molecule has 4 nitrogen and oxygen atoms in total. The van der Waals surface area contributed by atoms with Crippen molar-refractivity contribution in [1.82, 2.24) is 0 Å². The minimum absolute atomic E-state index is 0.296. The fraction of sp³-hybridized carbons (Fsp3) is 0.462. The second-order valence-electron chi connectivity index (χ2n) is 4.08. The van der Waals surface area contributed by atoms with Gasteiger partial charge in [-0.3, -0.25) is 0 Å². The normalized spacial score (nSPS) is 17.9. The molecule has 0 saturated carbocycles. The van der Waals surface area contributed by atoms with Crippen molar-refractivity contribution in [2.75, 3.05) is 19.8 Å². The van der Waals surface area contributed by atoms with E-state index in [4.69, 9.17) is 14.2 Å². The number of esters is 1. The minimum Gasteiger partial charge on any atom is -0.462 e. The molecule has 0 aromatic heterocycles. The van der Waals surface area contributed by atoms with Gasteiger partial charge in [0, 0.05) is 6.42 Å². The van der Waals surface area contributed by atoms with Gasteiger partial charge < -0.3 is 14.2 Å². The fourth-order valence-electron chi connectivity index (χ4n) is 1.69. The SMILES string of the molecule is CC1(CCOC(=O)c2ccccc2)OCCO1. The van der Waals surface area contributed by atoms with Gasteiger partial charge in [0.1, 0.15) is 0 Å². The van der Waals surface area contributed by atoms with Crippen LogP contribution in [0.1, 0.15) is 23.7 Å². The van der Waals surface area contributed by atoms with E-state index in [-0.39, 0.29) is 5.97 Å². The maximum Gasteiger partial charge on any atom is 0.338 e. The van der Waals surface area contributed by atoms with Gasteiger partial charge in [0.2, 0.25) is 0 Å². The molecule has 2 rings (SSSR count). The van der Waals surface area contributed by atoms with Gasteiger partial charge in [0.05, 0.1) is 25.4 Å². The molecule has 0 aliphatic carbocycles. The first-order valence-corrected chi connectivity index (χ1v) is 5.70. The van der Waals surface area contributed by atoms with Crippen molar-refractivity contribution in [3.8, 4) is 0 Å². The van der Waals surface area contributed by atoms with Crippen molar-refractivity contribution < 1.29 is 19.0 Å². The van der Waals surface area contributed by atoms with E-state index in [1.165, 1.54) is 0 Å². The van der Waals surface area contributed by atoms with Crippen LogP contribution < -0.4 is 0 Å². The molecular weight excluding hydrogens is 220 g/mol. The van der Waals surface area contributed by atoms with Crippen LogP contribution in [0.4, 0.5) is 0 Å². The lowest BCUT2D eigenvalue weighted by molar-refractivity contribution is -0.152. The Morgan fingerprint density at radius 3 is 2.59 bits per heavy atom. The fourth-order valence-corrected chi connectivity index (χ4v) is 1.69. The van der Waals surface area contributed by atoms with E-state index in [1.54, 1.807) is 24.3 Å². The van der Waals surface area contributed by atoms with Gasteiger partial charge >= 0.3 is 5.97 Å². The molecule has 0 amide bonds. The first-order chi connectivity index (χ1) is 8.20. The summed E-state index contributed by atoms with van der Waals surface area (Å²) in [4.78, 5) is 11.6. The Bertz CT molecular complexity index is 368. The summed E-state index contributed by atoms with van der Waals surface area (Å²) in [5, 5.41) is 0. The lowest BCUT2D eigenvalue weighted by Crippen LogP contribution is -2.27. The summed E-state index contributed by atoms with van der Waals surface area (Å²) in [6, 6.07) is 8.93. The Morgan fingerprint density at radius 1 is 1.29 bits per heavy atom. The van der Waals surface area contributed by atoms with E-state index < -0.39 is 5.79 Å².